The number of hydrogen-bond donors (Lipinski definition) is 2. The van der Waals surface area contributed by atoms with Gasteiger partial charge < -0.3 is 14.9 Å². The molecule has 8 heteroatoms. The van der Waals surface area contributed by atoms with E-state index in [1.807, 2.05) is 0 Å². The van der Waals surface area contributed by atoms with E-state index >= 15 is 0 Å². The Morgan fingerprint density at radius 3 is 2.80 bits per heavy atom. The monoisotopic (exact) mass is 381 g/mol. The van der Waals surface area contributed by atoms with Crippen LogP contribution in [0.2, 0.25) is 0 Å². The minimum absolute atomic E-state index is 0.0553. The Morgan fingerprint density at radius 2 is 2.12 bits per heavy atom. The molecule has 0 atom stereocenters. The molecule has 1 amide bonds. The molecule has 1 saturated heterocycles. The quantitative estimate of drug-likeness (QED) is 0.406. The molecule has 134 valence electrons. The van der Waals surface area contributed by atoms with Crippen molar-refractivity contribution in [3.05, 3.63) is 28.7 Å². The van der Waals surface area contributed by atoms with Gasteiger partial charge in [0.05, 0.1) is 12.0 Å². The number of carboxylic acids is 1. The molecule has 1 aromatic rings. The highest BCUT2D eigenvalue weighted by atomic mass is 32.2. The summed E-state index contributed by atoms with van der Waals surface area (Å²) >= 11 is 6.45. The highest BCUT2D eigenvalue weighted by molar-refractivity contribution is 8.26. The maximum atomic E-state index is 12.5. The van der Waals surface area contributed by atoms with Crippen LogP contribution in [0.1, 0.15) is 31.2 Å². The summed E-state index contributed by atoms with van der Waals surface area (Å²) in [7, 11) is 1.53. The Balaban J connectivity index is 2.01. The fourth-order valence-electron chi connectivity index (χ4n) is 2.33. The molecule has 0 aliphatic carbocycles. The van der Waals surface area contributed by atoms with Crippen molar-refractivity contribution in [2.24, 2.45) is 0 Å². The number of carbonyl (C=O) groups is 2. The molecule has 1 aliphatic heterocycles. The number of hydrogen-bond acceptors (Lipinski definition) is 6. The fourth-order valence-corrected chi connectivity index (χ4v) is 3.63. The van der Waals surface area contributed by atoms with E-state index in [0.717, 1.165) is 6.42 Å². The van der Waals surface area contributed by atoms with Crippen molar-refractivity contribution in [1.82, 2.24) is 4.90 Å². The van der Waals surface area contributed by atoms with Gasteiger partial charge in [-0.1, -0.05) is 30.4 Å². The van der Waals surface area contributed by atoms with Crippen molar-refractivity contribution in [1.29, 1.82) is 0 Å². The number of phenolic OH excluding ortho intramolecular Hbond substituents is 1. The van der Waals surface area contributed by atoms with Crippen molar-refractivity contribution in [3.8, 4) is 11.5 Å². The lowest BCUT2D eigenvalue weighted by molar-refractivity contribution is -0.137. The van der Waals surface area contributed by atoms with Gasteiger partial charge in [-0.05, 0) is 37.1 Å². The number of amides is 1. The normalized spacial score (nSPS) is 15.9. The van der Waals surface area contributed by atoms with Gasteiger partial charge in [-0.15, -0.1) is 0 Å². The molecule has 1 aromatic carbocycles. The number of thiocarbonyl (C=S) groups is 1. The number of thioether (sulfide) groups is 1. The molecule has 1 fully saturated rings. The highest BCUT2D eigenvalue weighted by Crippen LogP contribution is 2.35. The summed E-state index contributed by atoms with van der Waals surface area (Å²) in [6, 6.07) is 4.79. The average Bonchev–Trinajstić information content (AvgIpc) is 2.83. The third-order valence-corrected chi connectivity index (χ3v) is 5.05. The number of aromatic hydroxyl groups is 1. The summed E-state index contributed by atoms with van der Waals surface area (Å²) in [6.07, 6.45) is 3.73. The number of carbonyl (C=O) groups excluding carboxylic acids is 1. The maximum absolute atomic E-state index is 12.5. The van der Waals surface area contributed by atoms with E-state index in [-0.39, 0.29) is 18.1 Å². The third-order valence-electron chi connectivity index (χ3n) is 3.67. The van der Waals surface area contributed by atoms with Gasteiger partial charge in [0.1, 0.15) is 15.8 Å². The van der Waals surface area contributed by atoms with E-state index in [2.05, 4.69) is 0 Å². The molecule has 0 aromatic heterocycles. The summed E-state index contributed by atoms with van der Waals surface area (Å²) < 4.78 is 5.60. The second-order valence-corrected chi connectivity index (χ2v) is 7.14. The Kier molecular flexibility index (Phi) is 6.83. The second kappa shape index (κ2) is 8.87. The number of ether oxygens (including phenoxy) is 1. The zero-order valence-electron chi connectivity index (χ0n) is 13.7. The van der Waals surface area contributed by atoms with E-state index in [4.69, 9.17) is 22.1 Å². The molecule has 0 saturated carbocycles. The van der Waals surface area contributed by atoms with Crippen molar-refractivity contribution < 1.29 is 24.5 Å². The van der Waals surface area contributed by atoms with Crippen LogP contribution in [0.4, 0.5) is 0 Å². The van der Waals surface area contributed by atoms with Gasteiger partial charge in [0.2, 0.25) is 0 Å². The Hall–Kier alpha value is -2.06. The SMILES string of the molecule is COc1ccc(O)c(/C=C2\SC(=S)N(CCCCCC(=O)O)C2=O)c1. The van der Waals surface area contributed by atoms with Gasteiger partial charge >= 0.3 is 5.97 Å². The Labute approximate surface area is 155 Å². The first kappa shape index (κ1) is 19.3. The summed E-state index contributed by atoms with van der Waals surface area (Å²) in [6.45, 7) is 0.464. The lowest BCUT2D eigenvalue weighted by Gasteiger charge is -2.13. The Bertz CT molecular complexity index is 717. The Morgan fingerprint density at radius 1 is 1.36 bits per heavy atom. The topological polar surface area (TPSA) is 87.1 Å². The number of rotatable bonds is 8. The van der Waals surface area contributed by atoms with E-state index in [9.17, 15) is 14.7 Å². The fraction of sp³-hybridized carbons (Fsp3) is 0.353. The van der Waals surface area contributed by atoms with Crippen molar-refractivity contribution >= 4 is 46.3 Å². The zero-order valence-corrected chi connectivity index (χ0v) is 15.4. The zero-order chi connectivity index (χ0) is 18.4. The molecular formula is C17H19NO5S2. The number of nitrogens with zero attached hydrogens (tertiary/aromatic N) is 1. The standard InChI is InChI=1S/C17H19NO5S2/c1-23-12-6-7-13(19)11(9-12)10-14-16(22)18(17(24)25-14)8-4-2-3-5-15(20)21/h6-7,9-10,19H,2-5,8H2,1H3,(H,20,21)/b14-10-. The molecule has 0 bridgehead atoms. The van der Waals surface area contributed by atoms with Gasteiger partial charge in [-0.2, -0.15) is 0 Å². The molecular weight excluding hydrogens is 362 g/mol. The first-order valence-corrected chi connectivity index (χ1v) is 8.99. The van der Waals surface area contributed by atoms with Crippen molar-refractivity contribution in [3.63, 3.8) is 0 Å². The largest absolute Gasteiger partial charge is 0.507 e. The van der Waals surface area contributed by atoms with Crippen LogP contribution in [0.15, 0.2) is 23.1 Å². The van der Waals surface area contributed by atoms with E-state index in [0.29, 0.717) is 39.9 Å². The molecule has 0 radical (unpaired) electrons. The predicted octanol–water partition coefficient (Wildman–Crippen LogP) is 3.25. The third kappa shape index (κ3) is 5.20. The summed E-state index contributed by atoms with van der Waals surface area (Å²) in [5.41, 5.74) is 0.487. The van der Waals surface area contributed by atoms with E-state index < -0.39 is 5.97 Å². The average molecular weight is 381 g/mol. The molecule has 0 spiro atoms. The summed E-state index contributed by atoms with van der Waals surface area (Å²) in [5.74, 6) is -0.375. The number of carboxylic acid groups (broad SMARTS) is 1. The van der Waals surface area contributed by atoms with Crippen molar-refractivity contribution in [2.75, 3.05) is 13.7 Å². The van der Waals surface area contributed by atoms with Gasteiger partial charge in [0.15, 0.2) is 0 Å². The molecule has 2 N–H and O–H groups in total. The minimum atomic E-state index is -0.813. The molecule has 2 rings (SSSR count). The van der Waals surface area contributed by atoms with Crippen LogP contribution in [0.25, 0.3) is 6.08 Å². The second-order valence-electron chi connectivity index (χ2n) is 5.46. The number of methoxy groups -OCH3 is 1. The number of aliphatic carboxylic acids is 1. The van der Waals surface area contributed by atoms with Crippen LogP contribution in [0.3, 0.4) is 0 Å². The van der Waals surface area contributed by atoms with Gasteiger partial charge in [-0.3, -0.25) is 14.5 Å². The minimum Gasteiger partial charge on any atom is -0.507 e. The van der Waals surface area contributed by atoms with Gasteiger partial charge in [0.25, 0.3) is 5.91 Å². The van der Waals surface area contributed by atoms with E-state index in [1.165, 1.54) is 29.8 Å². The molecule has 25 heavy (non-hydrogen) atoms. The van der Waals surface area contributed by atoms with Crippen LogP contribution < -0.4 is 4.74 Å². The molecule has 1 heterocycles. The van der Waals surface area contributed by atoms with Gasteiger partial charge in [0, 0.05) is 18.5 Å². The smallest absolute Gasteiger partial charge is 0.303 e. The lowest BCUT2D eigenvalue weighted by Crippen LogP contribution is -2.29. The van der Waals surface area contributed by atoms with Crippen LogP contribution in [0.5, 0.6) is 11.5 Å². The maximum Gasteiger partial charge on any atom is 0.303 e. The number of unbranched alkanes of at least 4 members (excludes halogenated alkanes) is 2. The van der Waals surface area contributed by atoms with Crippen LogP contribution in [-0.2, 0) is 9.59 Å². The number of phenols is 1. The molecule has 1 aliphatic rings. The van der Waals surface area contributed by atoms with Crippen molar-refractivity contribution in [2.45, 2.75) is 25.7 Å². The summed E-state index contributed by atoms with van der Waals surface area (Å²) in [4.78, 5) is 24.9. The van der Waals surface area contributed by atoms with Crippen LogP contribution >= 0.6 is 24.0 Å². The number of benzene rings is 1. The summed E-state index contributed by atoms with van der Waals surface area (Å²) in [5, 5.41) is 18.6. The van der Waals surface area contributed by atoms with Crippen LogP contribution in [0, 0.1) is 0 Å². The lowest BCUT2D eigenvalue weighted by atomic mass is 10.1. The van der Waals surface area contributed by atoms with E-state index in [1.54, 1.807) is 18.2 Å². The molecule has 0 unspecified atom stereocenters. The predicted molar refractivity (Wildman–Crippen MR) is 101 cm³/mol. The first-order valence-electron chi connectivity index (χ1n) is 7.76. The van der Waals surface area contributed by atoms with Gasteiger partial charge in [-0.25, -0.2) is 0 Å². The highest BCUT2D eigenvalue weighted by Gasteiger charge is 2.31. The first-order chi connectivity index (χ1) is 11.9. The van der Waals surface area contributed by atoms with Crippen LogP contribution in [-0.4, -0.2) is 45.0 Å². The molecule has 6 nitrogen and oxygen atoms in total.